The molecule has 0 aliphatic rings. The number of alkyl halides is 4. The fourth-order valence-corrected chi connectivity index (χ4v) is 1.11. The van der Waals surface area contributed by atoms with Crippen molar-refractivity contribution in [1.29, 1.82) is 0 Å². The number of halogens is 5. The predicted octanol–water partition coefficient (Wildman–Crippen LogP) is 4.10. The minimum atomic E-state index is -4.46. The molecule has 0 aliphatic carbocycles. The maximum absolute atomic E-state index is 13.0. The van der Waals surface area contributed by atoms with Crippen LogP contribution in [0.3, 0.4) is 0 Å². The van der Waals surface area contributed by atoms with Gasteiger partial charge in [-0.2, -0.15) is 13.2 Å². The van der Waals surface area contributed by atoms with Crippen molar-refractivity contribution >= 4 is 17.7 Å². The summed E-state index contributed by atoms with van der Waals surface area (Å²) in [6.07, 6.45) is -1.87. The van der Waals surface area contributed by atoms with Crippen LogP contribution in [0.15, 0.2) is 24.3 Å². The Kier molecular flexibility index (Phi) is 3.74. The van der Waals surface area contributed by atoms with E-state index in [1.807, 2.05) is 0 Å². The van der Waals surface area contributed by atoms with Crippen LogP contribution < -0.4 is 0 Å². The van der Waals surface area contributed by atoms with Crippen molar-refractivity contribution in [3.63, 3.8) is 0 Å². The molecule has 1 rings (SSSR count). The van der Waals surface area contributed by atoms with Crippen LogP contribution in [0.4, 0.5) is 17.6 Å². The van der Waals surface area contributed by atoms with E-state index in [4.69, 9.17) is 11.6 Å². The van der Waals surface area contributed by atoms with Crippen LogP contribution in [0, 0.1) is 5.82 Å². The molecule has 0 fully saturated rings. The highest BCUT2D eigenvalue weighted by molar-refractivity contribution is 6.19. The molecule has 0 N–H and O–H groups in total. The fourth-order valence-electron chi connectivity index (χ4n) is 1.02. The minimum absolute atomic E-state index is 0.120. The van der Waals surface area contributed by atoms with E-state index in [1.165, 1.54) is 12.2 Å². The van der Waals surface area contributed by atoms with Crippen LogP contribution in [-0.2, 0) is 6.18 Å². The molecule has 0 aromatic heterocycles. The zero-order valence-electron chi connectivity index (χ0n) is 7.48. The first-order valence-corrected chi connectivity index (χ1v) is 4.58. The van der Waals surface area contributed by atoms with Gasteiger partial charge in [0.1, 0.15) is 5.82 Å². The van der Waals surface area contributed by atoms with Gasteiger partial charge in [0.15, 0.2) is 0 Å². The van der Waals surface area contributed by atoms with Gasteiger partial charge in [-0.1, -0.05) is 12.2 Å². The van der Waals surface area contributed by atoms with Crippen LogP contribution >= 0.6 is 11.6 Å². The van der Waals surface area contributed by atoms with Crippen molar-refractivity contribution in [1.82, 2.24) is 0 Å². The topological polar surface area (TPSA) is 0 Å². The van der Waals surface area contributed by atoms with Crippen LogP contribution in [0.5, 0.6) is 0 Å². The van der Waals surface area contributed by atoms with Gasteiger partial charge in [-0.25, -0.2) is 4.39 Å². The third kappa shape index (κ3) is 3.23. The van der Waals surface area contributed by atoms with Gasteiger partial charge in [-0.15, -0.1) is 11.6 Å². The highest BCUT2D eigenvalue weighted by Crippen LogP contribution is 2.30. The fraction of sp³-hybridized carbons (Fsp3) is 0.200. The Morgan fingerprint density at radius 1 is 1.27 bits per heavy atom. The molecule has 0 saturated heterocycles. The average molecular weight is 239 g/mol. The van der Waals surface area contributed by atoms with E-state index in [1.54, 1.807) is 0 Å². The van der Waals surface area contributed by atoms with Crippen LogP contribution in [0.1, 0.15) is 11.1 Å². The van der Waals surface area contributed by atoms with Crippen molar-refractivity contribution in [2.24, 2.45) is 0 Å². The van der Waals surface area contributed by atoms with Crippen molar-refractivity contribution in [3.8, 4) is 0 Å². The molecular formula is C10H7ClF4. The molecule has 82 valence electrons. The summed E-state index contributed by atoms with van der Waals surface area (Å²) in [7, 11) is 0. The van der Waals surface area contributed by atoms with E-state index in [0.29, 0.717) is 6.07 Å². The molecule has 0 radical (unpaired) electrons. The smallest absolute Gasteiger partial charge is 0.206 e. The normalized spacial score (nSPS) is 12.3. The van der Waals surface area contributed by atoms with Gasteiger partial charge in [0, 0.05) is 11.4 Å². The van der Waals surface area contributed by atoms with E-state index >= 15 is 0 Å². The van der Waals surface area contributed by atoms with Crippen LogP contribution in [-0.4, -0.2) is 5.88 Å². The van der Waals surface area contributed by atoms with Gasteiger partial charge in [-0.05, 0) is 18.2 Å². The number of rotatable bonds is 2. The summed E-state index contributed by atoms with van der Waals surface area (Å²) in [5.74, 6) is -0.584. The van der Waals surface area contributed by atoms with Gasteiger partial charge in [-0.3, -0.25) is 0 Å². The van der Waals surface area contributed by atoms with Crippen LogP contribution in [0.2, 0.25) is 0 Å². The van der Waals surface area contributed by atoms with Gasteiger partial charge < -0.3 is 0 Å². The molecule has 0 aliphatic heterocycles. The van der Waals surface area contributed by atoms with E-state index in [2.05, 4.69) is 0 Å². The molecule has 0 saturated carbocycles. The van der Waals surface area contributed by atoms with E-state index in [9.17, 15) is 17.6 Å². The molecule has 5 heteroatoms. The lowest BCUT2D eigenvalue weighted by Gasteiger charge is -2.07. The number of benzene rings is 1. The van der Waals surface area contributed by atoms with Gasteiger partial charge >= 0.3 is 6.18 Å². The first kappa shape index (κ1) is 12.0. The molecule has 0 heterocycles. The lowest BCUT2D eigenvalue weighted by atomic mass is 10.1. The average Bonchev–Trinajstić information content (AvgIpc) is 2.15. The molecule has 0 bridgehead atoms. The SMILES string of the molecule is Fc1ccc(C(F)(F)F)cc1C=CCCl. The maximum Gasteiger partial charge on any atom is 0.416 e. The third-order valence-corrected chi connectivity index (χ3v) is 1.89. The number of hydrogen-bond acceptors (Lipinski definition) is 0. The zero-order valence-corrected chi connectivity index (χ0v) is 8.24. The summed E-state index contributed by atoms with van der Waals surface area (Å²) in [6.45, 7) is 0. The van der Waals surface area contributed by atoms with Crippen molar-refractivity contribution in [3.05, 3.63) is 41.2 Å². The first-order valence-electron chi connectivity index (χ1n) is 4.04. The lowest BCUT2D eigenvalue weighted by molar-refractivity contribution is -0.137. The Hall–Kier alpha value is -1.03. The molecule has 0 nitrogen and oxygen atoms in total. The van der Waals surface area contributed by atoms with E-state index < -0.39 is 17.6 Å². The van der Waals surface area contributed by atoms with Gasteiger partial charge in [0.05, 0.1) is 5.56 Å². The summed E-state index contributed by atoms with van der Waals surface area (Å²) < 4.78 is 49.8. The molecule has 1 aromatic carbocycles. The van der Waals surface area contributed by atoms with Crippen molar-refractivity contribution < 1.29 is 17.6 Å². The molecule has 15 heavy (non-hydrogen) atoms. The second-order valence-electron chi connectivity index (χ2n) is 2.79. The molecule has 0 spiro atoms. The molecular weight excluding hydrogens is 232 g/mol. The molecule has 0 amide bonds. The minimum Gasteiger partial charge on any atom is -0.206 e. The first-order chi connectivity index (χ1) is 6.95. The summed E-state index contributed by atoms with van der Waals surface area (Å²) >= 11 is 5.30. The Morgan fingerprint density at radius 2 is 1.93 bits per heavy atom. The lowest BCUT2D eigenvalue weighted by Crippen LogP contribution is -2.05. The third-order valence-electron chi connectivity index (χ3n) is 1.71. The quantitative estimate of drug-likeness (QED) is 0.538. The Labute approximate surface area is 89.2 Å². The second kappa shape index (κ2) is 4.66. The zero-order chi connectivity index (χ0) is 11.5. The standard InChI is InChI=1S/C10H7ClF4/c11-5-1-2-7-6-8(10(13,14)15)3-4-9(7)12/h1-4,6H,5H2. The second-order valence-corrected chi connectivity index (χ2v) is 3.10. The molecule has 1 aromatic rings. The predicted molar refractivity (Wildman–Crippen MR) is 51.2 cm³/mol. The summed E-state index contributed by atoms with van der Waals surface area (Å²) in [5.41, 5.74) is -0.997. The molecule has 0 unspecified atom stereocenters. The summed E-state index contributed by atoms with van der Waals surface area (Å²) in [5, 5.41) is 0. The summed E-state index contributed by atoms with van der Waals surface area (Å²) in [4.78, 5) is 0. The Morgan fingerprint density at radius 3 is 2.47 bits per heavy atom. The van der Waals surface area contributed by atoms with E-state index in [0.717, 1.165) is 12.1 Å². The van der Waals surface area contributed by atoms with Crippen molar-refractivity contribution in [2.75, 3.05) is 5.88 Å². The van der Waals surface area contributed by atoms with Gasteiger partial charge in [0.2, 0.25) is 0 Å². The Balaban J connectivity index is 3.11. The maximum atomic E-state index is 13.0. The largest absolute Gasteiger partial charge is 0.416 e. The number of allylic oxidation sites excluding steroid dienone is 1. The van der Waals surface area contributed by atoms with Crippen LogP contribution in [0.25, 0.3) is 6.08 Å². The number of hydrogen-bond donors (Lipinski definition) is 0. The Bertz CT molecular complexity index is 368. The summed E-state index contributed by atoms with van der Waals surface area (Å²) in [6, 6.07) is 2.24. The van der Waals surface area contributed by atoms with Crippen molar-refractivity contribution in [2.45, 2.75) is 6.18 Å². The highest BCUT2D eigenvalue weighted by Gasteiger charge is 2.30. The molecule has 0 atom stereocenters. The highest BCUT2D eigenvalue weighted by atomic mass is 35.5. The van der Waals surface area contributed by atoms with E-state index in [-0.39, 0.29) is 11.4 Å². The monoisotopic (exact) mass is 238 g/mol. The van der Waals surface area contributed by atoms with Gasteiger partial charge in [0.25, 0.3) is 0 Å².